The lowest BCUT2D eigenvalue weighted by atomic mass is 9.73. The van der Waals surface area contributed by atoms with E-state index in [1.54, 1.807) is 7.11 Å². The molecule has 0 saturated heterocycles. The van der Waals surface area contributed by atoms with Crippen molar-refractivity contribution < 1.29 is 14.6 Å². The Labute approximate surface area is 90.2 Å². The minimum Gasteiger partial charge on any atom is -0.480 e. The van der Waals surface area contributed by atoms with E-state index in [1.807, 2.05) is 6.92 Å². The second-order valence-electron chi connectivity index (χ2n) is 3.88. The summed E-state index contributed by atoms with van der Waals surface area (Å²) < 4.78 is 5.19. The van der Waals surface area contributed by atoms with Crippen molar-refractivity contribution in [2.24, 2.45) is 11.7 Å². The van der Waals surface area contributed by atoms with E-state index in [2.05, 4.69) is 0 Å². The molecule has 4 nitrogen and oxygen atoms in total. The van der Waals surface area contributed by atoms with Crippen LogP contribution in [0.25, 0.3) is 0 Å². The van der Waals surface area contributed by atoms with Gasteiger partial charge in [-0.25, -0.2) is 0 Å². The summed E-state index contributed by atoms with van der Waals surface area (Å²) in [5, 5.41) is 8.96. The Bertz CT molecular complexity index is 212. The van der Waals surface area contributed by atoms with E-state index >= 15 is 0 Å². The molecule has 3 atom stereocenters. The van der Waals surface area contributed by atoms with E-state index in [-0.39, 0.29) is 24.4 Å². The lowest BCUT2D eigenvalue weighted by molar-refractivity contribution is -0.148. The zero-order valence-electron chi connectivity index (χ0n) is 8.53. The van der Waals surface area contributed by atoms with Crippen LogP contribution in [0.2, 0.25) is 0 Å². The molecule has 0 bridgehead atoms. The SMILES string of the molecule is CO[C@H]1CCC(N)(C(=O)O)[C@@H](C)C1.Cl. The van der Waals surface area contributed by atoms with Crippen molar-refractivity contribution in [2.75, 3.05) is 7.11 Å². The average molecular weight is 224 g/mol. The molecule has 0 aliphatic heterocycles. The van der Waals surface area contributed by atoms with Crippen molar-refractivity contribution >= 4 is 18.4 Å². The van der Waals surface area contributed by atoms with Crippen molar-refractivity contribution in [1.82, 2.24) is 0 Å². The van der Waals surface area contributed by atoms with Crippen molar-refractivity contribution in [3.63, 3.8) is 0 Å². The van der Waals surface area contributed by atoms with Crippen LogP contribution in [0.15, 0.2) is 0 Å². The fourth-order valence-electron chi connectivity index (χ4n) is 1.90. The van der Waals surface area contributed by atoms with Crippen molar-refractivity contribution in [2.45, 2.75) is 37.8 Å². The summed E-state index contributed by atoms with van der Waals surface area (Å²) >= 11 is 0. The van der Waals surface area contributed by atoms with Crippen LogP contribution in [0.1, 0.15) is 26.2 Å². The Morgan fingerprint density at radius 3 is 2.57 bits per heavy atom. The van der Waals surface area contributed by atoms with Crippen LogP contribution >= 0.6 is 12.4 Å². The standard InChI is InChI=1S/C9H17NO3.ClH/c1-6-5-7(13-2)3-4-9(6,10)8(11)12;/h6-7H,3-5,10H2,1-2H3,(H,11,12);1H/t6-,7-,9?;/m0./s1. The molecule has 1 aliphatic rings. The van der Waals surface area contributed by atoms with Crippen molar-refractivity contribution in [1.29, 1.82) is 0 Å². The highest BCUT2D eigenvalue weighted by atomic mass is 35.5. The van der Waals surface area contributed by atoms with Crippen LogP contribution < -0.4 is 5.73 Å². The van der Waals surface area contributed by atoms with Gasteiger partial charge in [0.15, 0.2) is 0 Å². The quantitative estimate of drug-likeness (QED) is 0.734. The molecule has 14 heavy (non-hydrogen) atoms. The maximum atomic E-state index is 10.9. The molecule has 1 saturated carbocycles. The molecule has 1 aliphatic carbocycles. The van der Waals surface area contributed by atoms with Crippen molar-refractivity contribution in [3.05, 3.63) is 0 Å². The summed E-state index contributed by atoms with van der Waals surface area (Å²) in [5.41, 5.74) is 4.76. The molecule has 0 aromatic rings. The highest BCUT2D eigenvalue weighted by Crippen LogP contribution is 2.33. The Morgan fingerprint density at radius 1 is 1.64 bits per heavy atom. The van der Waals surface area contributed by atoms with Gasteiger partial charge >= 0.3 is 5.97 Å². The molecule has 84 valence electrons. The molecule has 1 unspecified atom stereocenters. The molecule has 3 N–H and O–H groups in total. The van der Waals surface area contributed by atoms with Gasteiger partial charge in [0.1, 0.15) is 5.54 Å². The molecule has 0 aromatic heterocycles. The number of hydrogen-bond donors (Lipinski definition) is 2. The van der Waals surface area contributed by atoms with Gasteiger partial charge in [0.2, 0.25) is 0 Å². The maximum absolute atomic E-state index is 10.9. The van der Waals surface area contributed by atoms with E-state index < -0.39 is 11.5 Å². The van der Waals surface area contributed by atoms with E-state index in [4.69, 9.17) is 15.6 Å². The first-order valence-corrected chi connectivity index (χ1v) is 4.55. The molecular weight excluding hydrogens is 206 g/mol. The monoisotopic (exact) mass is 223 g/mol. The van der Waals surface area contributed by atoms with Gasteiger partial charge in [0.05, 0.1) is 6.10 Å². The molecular formula is C9H18ClNO3. The molecule has 1 rings (SSSR count). The van der Waals surface area contributed by atoms with Gasteiger partial charge < -0.3 is 15.6 Å². The first kappa shape index (κ1) is 13.7. The minimum atomic E-state index is -1.05. The van der Waals surface area contributed by atoms with Crippen LogP contribution in [0.3, 0.4) is 0 Å². The highest BCUT2D eigenvalue weighted by Gasteiger charge is 2.44. The molecule has 0 aromatic carbocycles. The van der Waals surface area contributed by atoms with Crippen LogP contribution in [0.4, 0.5) is 0 Å². The molecule has 5 heteroatoms. The van der Waals surface area contributed by atoms with Gasteiger partial charge in [-0.2, -0.15) is 0 Å². The van der Waals surface area contributed by atoms with Gasteiger partial charge in [0.25, 0.3) is 0 Å². The number of halogens is 1. The summed E-state index contributed by atoms with van der Waals surface area (Å²) in [7, 11) is 1.65. The van der Waals surface area contributed by atoms with Gasteiger partial charge in [-0.05, 0) is 25.2 Å². The predicted molar refractivity (Wildman–Crippen MR) is 55.6 cm³/mol. The third-order valence-corrected chi connectivity index (χ3v) is 3.11. The topological polar surface area (TPSA) is 72.5 Å². The summed E-state index contributed by atoms with van der Waals surface area (Å²) in [6, 6.07) is 0. The fourth-order valence-corrected chi connectivity index (χ4v) is 1.90. The van der Waals surface area contributed by atoms with Gasteiger partial charge in [0, 0.05) is 7.11 Å². The van der Waals surface area contributed by atoms with E-state index in [1.165, 1.54) is 0 Å². The number of ether oxygens (including phenoxy) is 1. The molecule has 0 amide bonds. The normalized spacial score (nSPS) is 37.4. The fraction of sp³-hybridized carbons (Fsp3) is 0.889. The molecule has 0 spiro atoms. The zero-order chi connectivity index (χ0) is 10.1. The number of nitrogens with two attached hydrogens (primary N) is 1. The zero-order valence-corrected chi connectivity index (χ0v) is 9.34. The Morgan fingerprint density at radius 2 is 2.21 bits per heavy atom. The number of hydrogen-bond acceptors (Lipinski definition) is 3. The van der Waals surface area contributed by atoms with E-state index in [9.17, 15) is 4.79 Å². The summed E-state index contributed by atoms with van der Waals surface area (Å²) in [6.07, 6.45) is 2.15. The first-order chi connectivity index (χ1) is 6.00. The smallest absolute Gasteiger partial charge is 0.323 e. The number of carboxylic acids is 1. The van der Waals surface area contributed by atoms with Crippen LogP contribution in [-0.4, -0.2) is 29.8 Å². The summed E-state index contributed by atoms with van der Waals surface area (Å²) in [4.78, 5) is 10.9. The van der Waals surface area contributed by atoms with Crippen LogP contribution in [-0.2, 0) is 9.53 Å². The number of carboxylic acid groups (broad SMARTS) is 1. The van der Waals surface area contributed by atoms with Crippen LogP contribution in [0, 0.1) is 5.92 Å². The largest absolute Gasteiger partial charge is 0.480 e. The number of rotatable bonds is 2. The van der Waals surface area contributed by atoms with Crippen molar-refractivity contribution in [3.8, 4) is 0 Å². The maximum Gasteiger partial charge on any atom is 0.323 e. The third kappa shape index (κ3) is 2.38. The third-order valence-electron chi connectivity index (χ3n) is 3.11. The highest BCUT2D eigenvalue weighted by molar-refractivity contribution is 5.85. The minimum absolute atomic E-state index is 0. The summed E-state index contributed by atoms with van der Waals surface area (Å²) in [6.45, 7) is 1.87. The second-order valence-corrected chi connectivity index (χ2v) is 3.88. The number of carbonyl (C=O) groups is 1. The average Bonchev–Trinajstić information content (AvgIpc) is 2.09. The van der Waals surface area contributed by atoms with Crippen LogP contribution in [0.5, 0.6) is 0 Å². The van der Waals surface area contributed by atoms with Gasteiger partial charge in [-0.1, -0.05) is 6.92 Å². The first-order valence-electron chi connectivity index (χ1n) is 4.55. The second kappa shape index (κ2) is 4.96. The number of methoxy groups -OCH3 is 1. The molecule has 0 radical (unpaired) electrons. The lowest BCUT2D eigenvalue weighted by Gasteiger charge is -2.38. The Hall–Kier alpha value is -0.320. The van der Waals surface area contributed by atoms with E-state index in [0.717, 1.165) is 12.8 Å². The molecule has 0 heterocycles. The molecule has 1 fully saturated rings. The van der Waals surface area contributed by atoms with Gasteiger partial charge in [-0.15, -0.1) is 12.4 Å². The Kier molecular flexibility index (Phi) is 4.84. The summed E-state index contributed by atoms with van der Waals surface area (Å²) in [5.74, 6) is -0.918. The Balaban J connectivity index is 0.00000169. The lowest BCUT2D eigenvalue weighted by Crippen LogP contribution is -2.56. The van der Waals surface area contributed by atoms with E-state index in [0.29, 0.717) is 6.42 Å². The number of aliphatic carboxylic acids is 1. The van der Waals surface area contributed by atoms with Gasteiger partial charge in [-0.3, -0.25) is 4.79 Å². The predicted octanol–water partition coefficient (Wildman–Crippen LogP) is 1.03.